The zero-order valence-electron chi connectivity index (χ0n) is 13.4. The van der Waals surface area contributed by atoms with E-state index >= 15 is 0 Å². The summed E-state index contributed by atoms with van der Waals surface area (Å²) in [6.45, 7) is 2.01. The van der Waals surface area contributed by atoms with Crippen LogP contribution in [-0.4, -0.2) is 27.9 Å². The van der Waals surface area contributed by atoms with Gasteiger partial charge in [-0.25, -0.2) is 4.98 Å². The zero-order valence-corrected chi connectivity index (χ0v) is 15.8. The number of hydrogen-bond donors (Lipinski definition) is 0. The third-order valence-corrected chi connectivity index (χ3v) is 5.46. The largest absolute Gasteiger partial charge is 0.357 e. The fraction of sp³-hybridized carbons (Fsp3) is 0.333. The van der Waals surface area contributed by atoms with Crippen molar-refractivity contribution in [3.05, 3.63) is 51.7 Å². The Morgan fingerprint density at radius 3 is 2.71 bits per heavy atom. The van der Waals surface area contributed by atoms with E-state index in [1.807, 2.05) is 30.1 Å². The molecule has 0 bridgehead atoms. The molecule has 4 nitrogen and oxygen atoms in total. The van der Waals surface area contributed by atoms with Crippen LogP contribution in [0.15, 0.2) is 41.1 Å². The van der Waals surface area contributed by atoms with E-state index in [1.54, 1.807) is 0 Å². The predicted octanol–water partition coefficient (Wildman–Crippen LogP) is 4.77. The maximum Gasteiger partial charge on any atom is 0.129 e. The van der Waals surface area contributed by atoms with Crippen LogP contribution < -0.4 is 4.90 Å². The van der Waals surface area contributed by atoms with Crippen LogP contribution in [0.3, 0.4) is 0 Å². The molecule has 0 N–H and O–H groups in total. The second-order valence-corrected chi connectivity index (χ2v) is 7.66. The van der Waals surface area contributed by atoms with Crippen LogP contribution in [0, 0.1) is 0 Å². The molecule has 0 atom stereocenters. The Morgan fingerprint density at radius 2 is 2.00 bits per heavy atom. The van der Waals surface area contributed by atoms with Crippen molar-refractivity contribution in [3.8, 4) is 0 Å². The lowest BCUT2D eigenvalue weighted by atomic mass is 9.91. The van der Waals surface area contributed by atoms with Gasteiger partial charge in [0.05, 0.1) is 16.7 Å². The molecule has 1 aromatic carbocycles. The maximum atomic E-state index is 6.36. The van der Waals surface area contributed by atoms with Crippen molar-refractivity contribution < 1.29 is 0 Å². The van der Waals surface area contributed by atoms with Crippen molar-refractivity contribution in [2.45, 2.75) is 18.8 Å². The topological polar surface area (TPSA) is 34.0 Å². The Bertz CT molecular complexity index is 884. The third kappa shape index (κ3) is 3.03. The number of aromatic nitrogens is 3. The van der Waals surface area contributed by atoms with Gasteiger partial charge in [0.25, 0.3) is 0 Å². The zero-order chi connectivity index (χ0) is 16.7. The van der Waals surface area contributed by atoms with E-state index in [0.717, 1.165) is 47.1 Å². The average Bonchev–Trinajstić information content (AvgIpc) is 3.01. The van der Waals surface area contributed by atoms with Gasteiger partial charge in [-0.3, -0.25) is 4.68 Å². The lowest BCUT2D eigenvalue weighted by molar-refractivity contribution is 0.503. The molecule has 0 saturated carbocycles. The highest BCUT2D eigenvalue weighted by Crippen LogP contribution is 2.32. The highest BCUT2D eigenvalue weighted by Gasteiger charge is 2.22. The van der Waals surface area contributed by atoms with E-state index < -0.39 is 0 Å². The minimum atomic E-state index is 0.593. The molecule has 1 fully saturated rings. The Morgan fingerprint density at radius 1 is 1.21 bits per heavy atom. The van der Waals surface area contributed by atoms with Crippen LogP contribution in [0.4, 0.5) is 5.82 Å². The fourth-order valence-corrected chi connectivity index (χ4v) is 4.29. The van der Waals surface area contributed by atoms with Gasteiger partial charge in [0.2, 0.25) is 0 Å². The number of anilines is 1. The van der Waals surface area contributed by atoms with Gasteiger partial charge in [0.15, 0.2) is 0 Å². The lowest BCUT2D eigenvalue weighted by Gasteiger charge is -2.32. The van der Waals surface area contributed by atoms with Crippen LogP contribution >= 0.6 is 27.5 Å². The molecule has 1 aliphatic heterocycles. The molecule has 6 heteroatoms. The van der Waals surface area contributed by atoms with Gasteiger partial charge >= 0.3 is 0 Å². The SMILES string of the molecule is Cn1cc(C2CCN(c3ccc4cc(Br)cc(Cl)c4n3)CC2)cn1. The number of aryl methyl sites for hydroxylation is 1. The quantitative estimate of drug-likeness (QED) is 0.616. The molecular weight excluding hydrogens is 388 g/mol. The minimum absolute atomic E-state index is 0.593. The highest BCUT2D eigenvalue weighted by molar-refractivity contribution is 9.10. The minimum Gasteiger partial charge on any atom is -0.357 e. The summed E-state index contributed by atoms with van der Waals surface area (Å²) in [4.78, 5) is 7.15. The molecule has 2 aromatic heterocycles. The molecule has 3 heterocycles. The molecule has 4 rings (SSSR count). The summed E-state index contributed by atoms with van der Waals surface area (Å²) >= 11 is 9.84. The Hall–Kier alpha value is -1.59. The van der Waals surface area contributed by atoms with Gasteiger partial charge in [-0.05, 0) is 48.6 Å². The lowest BCUT2D eigenvalue weighted by Crippen LogP contribution is -2.33. The first-order valence-electron chi connectivity index (χ1n) is 8.09. The molecule has 124 valence electrons. The molecule has 0 aliphatic carbocycles. The summed E-state index contributed by atoms with van der Waals surface area (Å²) < 4.78 is 2.86. The third-order valence-electron chi connectivity index (χ3n) is 4.71. The Labute approximate surface area is 154 Å². The highest BCUT2D eigenvalue weighted by atomic mass is 79.9. The first kappa shape index (κ1) is 15.9. The van der Waals surface area contributed by atoms with Crippen LogP contribution in [0.25, 0.3) is 10.9 Å². The van der Waals surface area contributed by atoms with Gasteiger partial charge in [0, 0.05) is 36.2 Å². The summed E-state index contributed by atoms with van der Waals surface area (Å²) in [5.41, 5.74) is 2.21. The number of pyridine rings is 1. The van der Waals surface area contributed by atoms with Crippen LogP contribution in [0.5, 0.6) is 0 Å². The molecule has 24 heavy (non-hydrogen) atoms. The number of nitrogens with zero attached hydrogens (tertiary/aromatic N) is 4. The average molecular weight is 406 g/mol. The normalized spacial score (nSPS) is 16.0. The van der Waals surface area contributed by atoms with Gasteiger partial charge in [-0.2, -0.15) is 5.10 Å². The van der Waals surface area contributed by atoms with Crippen LogP contribution in [0.1, 0.15) is 24.3 Å². The van der Waals surface area contributed by atoms with E-state index in [1.165, 1.54) is 5.56 Å². The van der Waals surface area contributed by atoms with Gasteiger partial charge in [-0.15, -0.1) is 0 Å². The standard InChI is InChI=1S/C18H18BrClN4/c1-23-11-14(10-21-23)12-4-6-24(7-5-12)17-3-2-13-8-15(19)9-16(20)18(13)22-17/h2-3,8-12H,4-7H2,1H3. The number of rotatable bonds is 2. The molecule has 0 unspecified atom stereocenters. The number of halogens is 2. The van der Waals surface area contributed by atoms with Crippen LogP contribution in [0.2, 0.25) is 5.02 Å². The smallest absolute Gasteiger partial charge is 0.129 e. The monoisotopic (exact) mass is 404 g/mol. The van der Waals surface area contributed by atoms with Gasteiger partial charge in [-0.1, -0.05) is 27.5 Å². The first-order chi connectivity index (χ1) is 11.6. The summed E-state index contributed by atoms with van der Waals surface area (Å²) in [5, 5.41) is 6.04. The van der Waals surface area contributed by atoms with E-state index in [-0.39, 0.29) is 0 Å². The molecular formula is C18H18BrClN4. The van der Waals surface area contributed by atoms with E-state index in [4.69, 9.17) is 16.6 Å². The number of fused-ring (bicyclic) bond motifs is 1. The number of benzene rings is 1. The van der Waals surface area contributed by atoms with E-state index in [0.29, 0.717) is 10.9 Å². The molecule has 1 aliphatic rings. The van der Waals surface area contributed by atoms with Crippen molar-refractivity contribution >= 4 is 44.3 Å². The predicted molar refractivity (Wildman–Crippen MR) is 102 cm³/mol. The second-order valence-electron chi connectivity index (χ2n) is 6.34. The van der Waals surface area contributed by atoms with Crippen molar-refractivity contribution in [3.63, 3.8) is 0 Å². The van der Waals surface area contributed by atoms with Crippen molar-refractivity contribution in [2.24, 2.45) is 7.05 Å². The molecule has 0 amide bonds. The fourth-order valence-electron chi connectivity index (χ4n) is 3.42. The van der Waals surface area contributed by atoms with E-state index in [9.17, 15) is 0 Å². The first-order valence-corrected chi connectivity index (χ1v) is 9.26. The van der Waals surface area contributed by atoms with Crippen LogP contribution in [-0.2, 0) is 7.05 Å². The maximum absolute atomic E-state index is 6.36. The molecule has 0 radical (unpaired) electrons. The summed E-state index contributed by atoms with van der Waals surface area (Å²) in [6.07, 6.45) is 6.37. The number of piperidine rings is 1. The van der Waals surface area contributed by atoms with Crippen molar-refractivity contribution in [1.82, 2.24) is 14.8 Å². The summed E-state index contributed by atoms with van der Waals surface area (Å²) in [7, 11) is 1.97. The second kappa shape index (κ2) is 6.37. The summed E-state index contributed by atoms with van der Waals surface area (Å²) in [6, 6.07) is 8.14. The van der Waals surface area contributed by atoms with Crippen molar-refractivity contribution in [1.29, 1.82) is 0 Å². The Kier molecular flexibility index (Phi) is 4.22. The van der Waals surface area contributed by atoms with Crippen molar-refractivity contribution in [2.75, 3.05) is 18.0 Å². The van der Waals surface area contributed by atoms with E-state index in [2.05, 4.69) is 44.3 Å². The van der Waals surface area contributed by atoms with Gasteiger partial charge in [0.1, 0.15) is 5.82 Å². The number of hydrogen-bond acceptors (Lipinski definition) is 3. The van der Waals surface area contributed by atoms with Gasteiger partial charge < -0.3 is 4.90 Å². The molecule has 1 saturated heterocycles. The summed E-state index contributed by atoms with van der Waals surface area (Å²) in [5.74, 6) is 1.60. The Balaban J connectivity index is 1.54. The molecule has 0 spiro atoms. The molecule has 3 aromatic rings.